The van der Waals surface area contributed by atoms with Crippen molar-refractivity contribution in [2.75, 3.05) is 21.2 Å². The van der Waals surface area contributed by atoms with E-state index in [4.69, 9.17) is 4.74 Å². The Balaban J connectivity index is 1.84. The Bertz CT molecular complexity index is 1020. The molecule has 0 radical (unpaired) electrons. The lowest BCUT2D eigenvalue weighted by Crippen LogP contribution is -2.27. The van der Waals surface area contributed by atoms with Crippen LogP contribution in [-0.2, 0) is 0 Å². The van der Waals surface area contributed by atoms with Gasteiger partial charge in [-0.15, -0.1) is 5.10 Å². The fraction of sp³-hybridized carbons (Fsp3) is 0.208. The molecule has 0 amide bonds. The molecule has 0 aliphatic carbocycles. The first-order valence-corrected chi connectivity index (χ1v) is 9.87. The number of aromatic nitrogens is 4. The van der Waals surface area contributed by atoms with Gasteiger partial charge in [0.1, 0.15) is 11.8 Å². The molecule has 152 valence electrons. The molecule has 0 N–H and O–H groups in total. The van der Waals surface area contributed by atoms with Crippen LogP contribution in [0.1, 0.15) is 34.6 Å². The van der Waals surface area contributed by atoms with Crippen molar-refractivity contribution in [1.82, 2.24) is 25.1 Å². The highest BCUT2D eigenvalue weighted by Gasteiger charge is 2.28. The lowest BCUT2D eigenvalue weighted by atomic mass is 9.97. The largest absolute Gasteiger partial charge is 0.497 e. The van der Waals surface area contributed by atoms with Gasteiger partial charge in [0.15, 0.2) is 5.82 Å². The zero-order valence-corrected chi connectivity index (χ0v) is 17.4. The summed E-state index contributed by atoms with van der Waals surface area (Å²) in [7, 11) is 5.74. The smallest absolute Gasteiger partial charge is 0.174 e. The number of nitrogens with zero attached hydrogens (tertiary/aromatic N) is 5. The normalized spacial score (nSPS) is 12.3. The zero-order chi connectivity index (χ0) is 20.9. The zero-order valence-electron chi connectivity index (χ0n) is 17.4. The molecule has 0 bridgehead atoms. The third-order valence-electron chi connectivity index (χ3n) is 5.19. The maximum absolute atomic E-state index is 5.32. The molecular formula is C24H25N5O. The monoisotopic (exact) mass is 399 g/mol. The number of ether oxygens (including phenoxy) is 1. The first-order chi connectivity index (χ1) is 14.7. The van der Waals surface area contributed by atoms with Crippen molar-refractivity contribution in [3.63, 3.8) is 0 Å². The van der Waals surface area contributed by atoms with Crippen molar-refractivity contribution in [3.8, 4) is 5.75 Å². The summed E-state index contributed by atoms with van der Waals surface area (Å²) in [5.74, 6) is 1.60. The van der Waals surface area contributed by atoms with Crippen molar-refractivity contribution in [1.29, 1.82) is 0 Å². The lowest BCUT2D eigenvalue weighted by Gasteiger charge is -2.27. The van der Waals surface area contributed by atoms with Gasteiger partial charge in [-0.05, 0) is 53.3 Å². The van der Waals surface area contributed by atoms with Crippen molar-refractivity contribution >= 4 is 0 Å². The van der Waals surface area contributed by atoms with Gasteiger partial charge in [-0.3, -0.25) is 4.90 Å². The van der Waals surface area contributed by atoms with Gasteiger partial charge in [0.2, 0.25) is 0 Å². The Morgan fingerprint density at radius 1 is 0.767 bits per heavy atom. The summed E-state index contributed by atoms with van der Waals surface area (Å²) in [6.07, 6.45) is 0. The van der Waals surface area contributed by atoms with Gasteiger partial charge in [-0.2, -0.15) is 0 Å². The second-order valence-corrected chi connectivity index (χ2v) is 7.34. The molecule has 0 saturated heterocycles. The standard InChI is InChI=1S/C24H25N5O/c1-28(2)23(20-14-16-21(30-3)17-15-20)24-25-26-27-29(24)22(18-10-6-4-7-11-18)19-12-8-5-9-13-19/h4-17,22-23H,1-3H3. The van der Waals surface area contributed by atoms with E-state index in [1.165, 1.54) is 0 Å². The summed E-state index contributed by atoms with van der Waals surface area (Å²) in [4.78, 5) is 2.12. The van der Waals surface area contributed by atoms with Gasteiger partial charge in [-0.25, -0.2) is 4.68 Å². The molecule has 4 rings (SSSR count). The van der Waals surface area contributed by atoms with Crippen LogP contribution >= 0.6 is 0 Å². The van der Waals surface area contributed by atoms with Crippen LogP contribution in [0.2, 0.25) is 0 Å². The molecule has 1 atom stereocenters. The molecule has 1 aromatic heterocycles. The molecule has 0 saturated carbocycles. The van der Waals surface area contributed by atoms with Gasteiger partial charge in [-0.1, -0.05) is 72.8 Å². The SMILES string of the molecule is COc1ccc(C(c2nnnn2C(c2ccccc2)c2ccccc2)N(C)C)cc1. The molecule has 6 heteroatoms. The molecule has 3 aromatic carbocycles. The van der Waals surface area contributed by atoms with E-state index < -0.39 is 0 Å². The summed E-state index contributed by atoms with van der Waals surface area (Å²) < 4.78 is 7.25. The Labute approximate surface area is 176 Å². The second kappa shape index (κ2) is 8.88. The van der Waals surface area contributed by atoms with E-state index in [1.807, 2.05) is 67.3 Å². The van der Waals surface area contributed by atoms with Crippen LogP contribution in [0.3, 0.4) is 0 Å². The molecule has 0 fully saturated rings. The highest BCUT2D eigenvalue weighted by molar-refractivity contribution is 5.35. The van der Waals surface area contributed by atoms with E-state index >= 15 is 0 Å². The minimum Gasteiger partial charge on any atom is -0.497 e. The minimum atomic E-state index is -0.127. The van der Waals surface area contributed by atoms with Crippen LogP contribution in [0, 0.1) is 0 Å². The van der Waals surface area contributed by atoms with Crippen LogP contribution in [0.4, 0.5) is 0 Å². The Hall–Kier alpha value is -3.51. The van der Waals surface area contributed by atoms with Crippen LogP contribution in [0.25, 0.3) is 0 Å². The van der Waals surface area contributed by atoms with E-state index in [9.17, 15) is 0 Å². The number of tetrazole rings is 1. The summed E-state index contributed by atoms with van der Waals surface area (Å²) >= 11 is 0. The molecule has 1 unspecified atom stereocenters. The molecule has 6 nitrogen and oxygen atoms in total. The molecule has 1 heterocycles. The third-order valence-corrected chi connectivity index (χ3v) is 5.19. The fourth-order valence-electron chi connectivity index (χ4n) is 3.77. The molecule has 0 aliphatic heterocycles. The van der Waals surface area contributed by atoms with Crippen molar-refractivity contribution < 1.29 is 4.74 Å². The third kappa shape index (κ3) is 3.95. The van der Waals surface area contributed by atoms with E-state index in [2.05, 4.69) is 56.8 Å². The van der Waals surface area contributed by atoms with Crippen molar-refractivity contribution in [2.24, 2.45) is 0 Å². The highest BCUT2D eigenvalue weighted by atomic mass is 16.5. The summed E-state index contributed by atoms with van der Waals surface area (Å²) in [6.45, 7) is 0. The summed E-state index contributed by atoms with van der Waals surface area (Å²) in [5, 5.41) is 13.0. The van der Waals surface area contributed by atoms with E-state index in [0.717, 1.165) is 28.3 Å². The topological polar surface area (TPSA) is 56.1 Å². The molecule has 0 spiro atoms. The summed E-state index contributed by atoms with van der Waals surface area (Å²) in [5.41, 5.74) is 3.35. The van der Waals surface area contributed by atoms with Crippen LogP contribution in [0.15, 0.2) is 84.9 Å². The van der Waals surface area contributed by atoms with E-state index in [0.29, 0.717) is 0 Å². The molecule has 0 aliphatic rings. The average Bonchev–Trinajstić information content (AvgIpc) is 3.24. The van der Waals surface area contributed by atoms with Crippen molar-refractivity contribution in [3.05, 3.63) is 107 Å². The summed E-state index contributed by atoms with van der Waals surface area (Å²) in [6, 6.07) is 28.5. The van der Waals surface area contributed by atoms with Gasteiger partial charge in [0.25, 0.3) is 0 Å². The van der Waals surface area contributed by atoms with Gasteiger partial charge >= 0.3 is 0 Å². The maximum Gasteiger partial charge on any atom is 0.174 e. The number of hydrogen-bond donors (Lipinski definition) is 0. The van der Waals surface area contributed by atoms with E-state index in [-0.39, 0.29) is 12.1 Å². The lowest BCUT2D eigenvalue weighted by molar-refractivity contribution is 0.315. The van der Waals surface area contributed by atoms with E-state index in [1.54, 1.807) is 7.11 Å². The number of hydrogen-bond acceptors (Lipinski definition) is 5. The molecular weight excluding hydrogens is 374 g/mol. The Morgan fingerprint density at radius 3 is 1.83 bits per heavy atom. The average molecular weight is 399 g/mol. The predicted octanol–water partition coefficient (Wildman–Crippen LogP) is 3.97. The fourth-order valence-corrected chi connectivity index (χ4v) is 3.77. The van der Waals surface area contributed by atoms with Crippen LogP contribution in [-0.4, -0.2) is 46.3 Å². The molecule has 4 aromatic rings. The Morgan fingerprint density at radius 2 is 1.33 bits per heavy atom. The number of benzene rings is 3. The first kappa shape index (κ1) is 19.8. The quantitative estimate of drug-likeness (QED) is 0.471. The molecule has 30 heavy (non-hydrogen) atoms. The Kier molecular flexibility index (Phi) is 5.86. The predicted molar refractivity (Wildman–Crippen MR) is 116 cm³/mol. The maximum atomic E-state index is 5.32. The van der Waals surface area contributed by atoms with Gasteiger partial charge < -0.3 is 4.74 Å². The number of methoxy groups -OCH3 is 1. The van der Waals surface area contributed by atoms with Gasteiger partial charge in [0, 0.05) is 0 Å². The highest BCUT2D eigenvalue weighted by Crippen LogP contribution is 2.32. The number of rotatable bonds is 7. The van der Waals surface area contributed by atoms with Crippen LogP contribution in [0.5, 0.6) is 5.75 Å². The second-order valence-electron chi connectivity index (χ2n) is 7.34. The first-order valence-electron chi connectivity index (χ1n) is 9.87. The van der Waals surface area contributed by atoms with Crippen molar-refractivity contribution in [2.45, 2.75) is 12.1 Å². The minimum absolute atomic E-state index is 0.110. The van der Waals surface area contributed by atoms with Gasteiger partial charge in [0.05, 0.1) is 13.2 Å². The van der Waals surface area contributed by atoms with Crippen LogP contribution < -0.4 is 4.74 Å².